The van der Waals surface area contributed by atoms with Crippen molar-refractivity contribution >= 4 is 28.8 Å². The average molecular weight is 380 g/mol. The Morgan fingerprint density at radius 1 is 1.11 bits per heavy atom. The molecule has 1 aliphatic rings. The van der Waals surface area contributed by atoms with E-state index in [2.05, 4.69) is 5.32 Å². The highest BCUT2D eigenvalue weighted by molar-refractivity contribution is 7.08. The summed E-state index contributed by atoms with van der Waals surface area (Å²) in [5.41, 5.74) is 2.41. The van der Waals surface area contributed by atoms with E-state index in [-0.39, 0.29) is 17.7 Å². The number of hydrogen-bond donors (Lipinski definition) is 1. The quantitative estimate of drug-likeness (QED) is 0.725. The van der Waals surface area contributed by atoms with Crippen molar-refractivity contribution in [2.24, 2.45) is 5.92 Å². The number of rotatable bonds is 4. The number of nitrogens with zero attached hydrogens (tertiary/aromatic N) is 1. The number of furan rings is 1. The molecule has 1 fully saturated rings. The first kappa shape index (κ1) is 17.5. The second-order valence-corrected chi connectivity index (χ2v) is 7.41. The van der Waals surface area contributed by atoms with Gasteiger partial charge in [-0.2, -0.15) is 11.3 Å². The van der Waals surface area contributed by atoms with E-state index >= 15 is 0 Å². The molecule has 1 saturated heterocycles. The van der Waals surface area contributed by atoms with Crippen LogP contribution < -0.4 is 5.32 Å². The third-order valence-electron chi connectivity index (χ3n) is 4.86. The van der Waals surface area contributed by atoms with Gasteiger partial charge in [-0.1, -0.05) is 12.1 Å². The lowest BCUT2D eigenvalue weighted by atomic mass is 9.95. The summed E-state index contributed by atoms with van der Waals surface area (Å²) in [6, 6.07) is 13.2. The number of hydrogen-bond acceptors (Lipinski definition) is 4. The van der Waals surface area contributed by atoms with Crippen LogP contribution in [-0.2, 0) is 4.79 Å². The number of amides is 2. The lowest BCUT2D eigenvalue weighted by Crippen LogP contribution is -2.41. The first-order chi connectivity index (χ1) is 13.2. The van der Waals surface area contributed by atoms with Crippen LogP contribution in [0.3, 0.4) is 0 Å². The van der Waals surface area contributed by atoms with Crippen LogP contribution in [0.4, 0.5) is 5.69 Å². The van der Waals surface area contributed by atoms with Crippen molar-refractivity contribution < 1.29 is 14.0 Å². The predicted molar refractivity (Wildman–Crippen MR) is 106 cm³/mol. The van der Waals surface area contributed by atoms with Crippen LogP contribution in [0.25, 0.3) is 11.3 Å². The highest BCUT2D eigenvalue weighted by Crippen LogP contribution is 2.25. The molecule has 6 heteroatoms. The third kappa shape index (κ3) is 3.95. The van der Waals surface area contributed by atoms with Gasteiger partial charge in [0.05, 0.1) is 11.8 Å². The van der Waals surface area contributed by atoms with Gasteiger partial charge in [0.2, 0.25) is 5.91 Å². The predicted octanol–water partition coefficient (Wildman–Crippen LogP) is 4.50. The second-order valence-electron chi connectivity index (χ2n) is 6.63. The molecular formula is C21H20N2O3S. The summed E-state index contributed by atoms with van der Waals surface area (Å²) in [6.45, 7) is 1.22. The molecule has 3 heterocycles. The molecule has 5 nitrogen and oxygen atoms in total. The van der Waals surface area contributed by atoms with E-state index in [1.807, 2.05) is 58.1 Å². The Hall–Kier alpha value is -2.86. The summed E-state index contributed by atoms with van der Waals surface area (Å²) in [5.74, 6) is 0.755. The van der Waals surface area contributed by atoms with Crippen LogP contribution in [0.2, 0.25) is 0 Å². The van der Waals surface area contributed by atoms with Crippen LogP contribution in [0.1, 0.15) is 23.2 Å². The Kier molecular flexibility index (Phi) is 5.07. The summed E-state index contributed by atoms with van der Waals surface area (Å²) in [7, 11) is 0. The third-order valence-corrected chi connectivity index (χ3v) is 5.54. The van der Waals surface area contributed by atoms with Gasteiger partial charge < -0.3 is 14.6 Å². The van der Waals surface area contributed by atoms with Crippen molar-refractivity contribution in [2.75, 3.05) is 18.4 Å². The minimum Gasteiger partial charge on any atom is -0.464 e. The fraction of sp³-hybridized carbons (Fsp3) is 0.238. The summed E-state index contributed by atoms with van der Waals surface area (Å²) >= 11 is 1.52. The van der Waals surface area contributed by atoms with E-state index in [4.69, 9.17) is 4.42 Å². The van der Waals surface area contributed by atoms with Crippen LogP contribution in [0.15, 0.2) is 63.9 Å². The van der Waals surface area contributed by atoms with Crippen molar-refractivity contribution in [3.05, 3.63) is 65.1 Å². The highest BCUT2D eigenvalue weighted by Gasteiger charge is 2.28. The largest absolute Gasteiger partial charge is 0.464 e. The summed E-state index contributed by atoms with van der Waals surface area (Å²) in [5, 5.41) is 6.78. The number of piperidine rings is 1. The molecule has 4 rings (SSSR count). The molecule has 0 bridgehead atoms. The Labute approximate surface area is 161 Å². The maximum Gasteiger partial charge on any atom is 0.254 e. The molecule has 0 aliphatic carbocycles. The molecule has 0 saturated carbocycles. The first-order valence-electron chi connectivity index (χ1n) is 8.97. The van der Waals surface area contributed by atoms with Crippen LogP contribution in [0.5, 0.6) is 0 Å². The normalized spacial score (nSPS) is 14.9. The summed E-state index contributed by atoms with van der Waals surface area (Å²) in [4.78, 5) is 26.9. The standard InChI is InChI=1S/C21H20N2O3S/c24-20(22-18-4-1-3-16(13-18)19-5-2-11-26-19)15-6-9-23(10-7-15)21(25)17-8-12-27-14-17/h1-5,8,11-15H,6-7,9-10H2,(H,22,24). The maximum absolute atomic E-state index is 12.6. The van der Waals surface area contributed by atoms with Gasteiger partial charge in [-0.15, -0.1) is 0 Å². The van der Waals surface area contributed by atoms with Crippen molar-refractivity contribution in [2.45, 2.75) is 12.8 Å². The fourth-order valence-corrected chi connectivity index (χ4v) is 3.98. The number of carbonyl (C=O) groups is 2. The van der Waals surface area contributed by atoms with Crippen molar-refractivity contribution in [1.29, 1.82) is 0 Å². The summed E-state index contributed by atoms with van der Waals surface area (Å²) < 4.78 is 5.41. The molecule has 0 unspecified atom stereocenters. The maximum atomic E-state index is 12.6. The Morgan fingerprint density at radius 3 is 2.67 bits per heavy atom. The van der Waals surface area contributed by atoms with E-state index in [1.54, 1.807) is 6.26 Å². The number of benzene rings is 1. The molecule has 1 N–H and O–H groups in total. The fourth-order valence-electron chi connectivity index (χ4n) is 3.35. The van der Waals surface area contributed by atoms with Gasteiger partial charge in [-0.25, -0.2) is 0 Å². The Balaban J connectivity index is 1.35. The Morgan fingerprint density at radius 2 is 1.96 bits per heavy atom. The van der Waals surface area contributed by atoms with E-state index in [1.165, 1.54) is 11.3 Å². The zero-order valence-electron chi connectivity index (χ0n) is 14.8. The molecule has 1 aromatic carbocycles. The second kappa shape index (κ2) is 7.80. The number of nitrogens with one attached hydrogen (secondary N) is 1. The van der Waals surface area contributed by atoms with Crippen LogP contribution in [0, 0.1) is 5.92 Å². The SMILES string of the molecule is O=C(Nc1cccc(-c2ccco2)c1)C1CCN(C(=O)c2ccsc2)CC1. The number of anilines is 1. The first-order valence-corrected chi connectivity index (χ1v) is 9.91. The number of likely N-dealkylation sites (tertiary alicyclic amines) is 1. The minimum atomic E-state index is -0.0798. The smallest absolute Gasteiger partial charge is 0.254 e. The lowest BCUT2D eigenvalue weighted by molar-refractivity contribution is -0.121. The number of carbonyl (C=O) groups excluding carboxylic acids is 2. The van der Waals surface area contributed by atoms with E-state index in [9.17, 15) is 9.59 Å². The molecule has 3 aromatic rings. The van der Waals surface area contributed by atoms with E-state index < -0.39 is 0 Å². The highest BCUT2D eigenvalue weighted by atomic mass is 32.1. The van der Waals surface area contributed by atoms with Crippen molar-refractivity contribution in [1.82, 2.24) is 4.90 Å². The van der Waals surface area contributed by atoms with E-state index in [0.29, 0.717) is 25.9 Å². The molecule has 27 heavy (non-hydrogen) atoms. The molecule has 0 spiro atoms. The minimum absolute atomic E-state index is 0.00854. The molecule has 1 aliphatic heterocycles. The van der Waals surface area contributed by atoms with Gasteiger partial charge in [0.25, 0.3) is 5.91 Å². The van der Waals surface area contributed by atoms with Gasteiger partial charge in [0.1, 0.15) is 5.76 Å². The molecule has 0 atom stereocenters. The zero-order chi connectivity index (χ0) is 18.6. The Bertz CT molecular complexity index is 911. The monoisotopic (exact) mass is 380 g/mol. The summed E-state index contributed by atoms with van der Waals surface area (Å²) in [6.07, 6.45) is 2.99. The van der Waals surface area contributed by atoms with Gasteiger partial charge in [0, 0.05) is 35.6 Å². The number of thiophene rings is 1. The lowest BCUT2D eigenvalue weighted by Gasteiger charge is -2.31. The van der Waals surface area contributed by atoms with Gasteiger partial charge >= 0.3 is 0 Å². The van der Waals surface area contributed by atoms with Crippen LogP contribution >= 0.6 is 11.3 Å². The van der Waals surface area contributed by atoms with Gasteiger partial charge in [-0.05, 0) is 48.6 Å². The van der Waals surface area contributed by atoms with Gasteiger partial charge in [-0.3, -0.25) is 9.59 Å². The average Bonchev–Trinajstić information content (AvgIpc) is 3.42. The van der Waals surface area contributed by atoms with E-state index in [0.717, 1.165) is 22.6 Å². The molecule has 0 radical (unpaired) electrons. The van der Waals surface area contributed by atoms with Crippen molar-refractivity contribution in [3.8, 4) is 11.3 Å². The molecule has 138 valence electrons. The van der Waals surface area contributed by atoms with Crippen LogP contribution in [-0.4, -0.2) is 29.8 Å². The van der Waals surface area contributed by atoms with Gasteiger partial charge in [0.15, 0.2) is 0 Å². The van der Waals surface area contributed by atoms with Crippen molar-refractivity contribution in [3.63, 3.8) is 0 Å². The topological polar surface area (TPSA) is 62.6 Å². The zero-order valence-corrected chi connectivity index (χ0v) is 15.6. The molecule has 2 aromatic heterocycles. The molecule has 2 amide bonds. The molecular weight excluding hydrogens is 360 g/mol.